The highest BCUT2D eigenvalue weighted by Crippen LogP contribution is 2.33. The molecule has 30 heavy (non-hydrogen) atoms. The Kier molecular flexibility index (Phi) is 4.34. The van der Waals surface area contributed by atoms with E-state index in [2.05, 4.69) is 46.5 Å². The van der Waals surface area contributed by atoms with Crippen LogP contribution in [0.5, 0.6) is 0 Å². The van der Waals surface area contributed by atoms with E-state index in [1.54, 1.807) is 6.20 Å². The van der Waals surface area contributed by atoms with E-state index in [4.69, 9.17) is 4.98 Å². The summed E-state index contributed by atoms with van der Waals surface area (Å²) >= 11 is 0. The Hall–Kier alpha value is -3.22. The zero-order valence-corrected chi connectivity index (χ0v) is 17.4. The third kappa shape index (κ3) is 2.88. The quantitative estimate of drug-likeness (QED) is 0.694. The van der Waals surface area contributed by atoms with Gasteiger partial charge in [0.15, 0.2) is 0 Å². The van der Waals surface area contributed by atoms with Crippen LogP contribution in [-0.4, -0.2) is 66.8 Å². The second-order valence-electron chi connectivity index (χ2n) is 8.20. The molecule has 5 heterocycles. The summed E-state index contributed by atoms with van der Waals surface area (Å²) in [6.45, 7) is 6.92. The molecule has 1 unspecified atom stereocenters. The lowest BCUT2D eigenvalue weighted by molar-refractivity contribution is 0.00951. The van der Waals surface area contributed by atoms with Crippen LogP contribution in [0.2, 0.25) is 0 Å². The lowest BCUT2D eigenvalue weighted by Crippen LogP contribution is -2.62. The van der Waals surface area contributed by atoms with Crippen molar-refractivity contribution in [2.24, 2.45) is 0 Å². The predicted octanol–water partition coefficient (Wildman–Crippen LogP) is 1.72. The Balaban J connectivity index is 1.57. The molecule has 0 spiro atoms. The van der Waals surface area contributed by atoms with Crippen LogP contribution in [0.15, 0.2) is 37.1 Å². The van der Waals surface area contributed by atoms with Crippen molar-refractivity contribution in [3.63, 3.8) is 0 Å². The molecule has 5 rings (SSSR count). The van der Waals surface area contributed by atoms with Gasteiger partial charge in [-0.3, -0.25) is 14.0 Å². The fourth-order valence-electron chi connectivity index (χ4n) is 4.49. The molecular weight excluding hydrogens is 378 g/mol. The molecule has 0 aromatic carbocycles. The molecule has 0 amide bonds. The Bertz CT molecular complexity index is 1160. The van der Waals surface area contributed by atoms with Crippen LogP contribution in [0.25, 0.3) is 22.6 Å². The second-order valence-corrected chi connectivity index (χ2v) is 8.20. The molecule has 1 N–H and O–H groups in total. The van der Waals surface area contributed by atoms with Gasteiger partial charge < -0.3 is 5.01 Å². The summed E-state index contributed by atoms with van der Waals surface area (Å²) in [4.78, 5) is 11.8. The van der Waals surface area contributed by atoms with Crippen LogP contribution in [0.1, 0.15) is 26.0 Å². The Morgan fingerprint density at radius 1 is 1.37 bits per heavy atom. The molecule has 2 aliphatic heterocycles. The number of likely N-dealkylation sites (tertiary alicyclic amines) is 1. The van der Waals surface area contributed by atoms with E-state index < -0.39 is 0 Å². The highest BCUT2D eigenvalue weighted by atomic mass is 15.5. The van der Waals surface area contributed by atoms with Crippen molar-refractivity contribution in [3.8, 4) is 17.5 Å². The van der Waals surface area contributed by atoms with Gasteiger partial charge in [0.05, 0.1) is 36.0 Å². The van der Waals surface area contributed by atoms with Gasteiger partial charge in [-0.05, 0) is 13.5 Å². The fraction of sp³-hybridized carbons (Fsp3) is 0.429. The van der Waals surface area contributed by atoms with Gasteiger partial charge in [-0.2, -0.15) is 10.4 Å². The van der Waals surface area contributed by atoms with Crippen molar-refractivity contribution in [2.45, 2.75) is 31.8 Å². The molecule has 1 saturated heterocycles. The van der Waals surface area contributed by atoms with Crippen LogP contribution in [0.3, 0.4) is 0 Å². The minimum Gasteiger partial charge on any atom is -0.318 e. The van der Waals surface area contributed by atoms with Crippen LogP contribution < -0.4 is 5.43 Å². The number of nitrogens with zero attached hydrogens (tertiary/aromatic N) is 8. The SMILES string of the molecule is CCN1CC(CC#N)(n2cc(-c3nc(C4=CN(C)NC4C)cc4nccn34)cn2)C1. The van der Waals surface area contributed by atoms with Gasteiger partial charge in [-0.1, -0.05) is 6.92 Å². The van der Waals surface area contributed by atoms with Gasteiger partial charge in [0.2, 0.25) is 0 Å². The highest BCUT2D eigenvalue weighted by Gasteiger charge is 2.44. The summed E-state index contributed by atoms with van der Waals surface area (Å²) in [6, 6.07) is 4.53. The molecule has 0 aliphatic carbocycles. The summed E-state index contributed by atoms with van der Waals surface area (Å²) in [5, 5.41) is 16.0. The zero-order chi connectivity index (χ0) is 20.9. The molecule has 154 valence electrons. The second kappa shape index (κ2) is 6.93. The molecule has 1 fully saturated rings. The fourth-order valence-corrected chi connectivity index (χ4v) is 4.49. The van der Waals surface area contributed by atoms with Gasteiger partial charge in [0, 0.05) is 56.6 Å². The number of fused-ring (bicyclic) bond motifs is 1. The lowest BCUT2D eigenvalue weighted by Gasteiger charge is -2.48. The monoisotopic (exact) mass is 403 g/mol. The third-order valence-corrected chi connectivity index (χ3v) is 6.10. The van der Waals surface area contributed by atoms with Crippen molar-refractivity contribution < 1.29 is 0 Å². The van der Waals surface area contributed by atoms with Gasteiger partial charge in [-0.25, -0.2) is 15.4 Å². The average Bonchev–Trinajstić information content (AvgIpc) is 3.43. The molecule has 9 nitrogen and oxygen atoms in total. The van der Waals surface area contributed by atoms with E-state index in [9.17, 15) is 5.26 Å². The maximum absolute atomic E-state index is 9.38. The standard InChI is InChI=1S/C21H25N9/c1-4-28-13-21(14-28,5-6-22)30-11-16(10-24-30)20-25-18(9-19-23-7-8-29(19)20)17-12-27(3)26-15(17)2/h7-12,15,26H,4-5,13-14H2,1-3H3. The molecule has 3 aromatic heterocycles. The van der Waals surface area contributed by atoms with Crippen molar-refractivity contribution in [1.82, 2.24) is 39.5 Å². The minimum absolute atomic E-state index is 0.171. The first-order chi connectivity index (χ1) is 14.5. The summed E-state index contributed by atoms with van der Waals surface area (Å²) < 4.78 is 3.94. The molecule has 0 bridgehead atoms. The molecule has 0 saturated carbocycles. The van der Waals surface area contributed by atoms with Gasteiger partial charge >= 0.3 is 0 Å². The Labute approximate surface area is 175 Å². The van der Waals surface area contributed by atoms with Crippen LogP contribution in [0, 0.1) is 11.3 Å². The van der Waals surface area contributed by atoms with Crippen LogP contribution >= 0.6 is 0 Å². The largest absolute Gasteiger partial charge is 0.318 e. The van der Waals surface area contributed by atoms with E-state index in [0.717, 1.165) is 47.9 Å². The Morgan fingerprint density at radius 2 is 2.20 bits per heavy atom. The first kappa shape index (κ1) is 18.8. The van der Waals surface area contributed by atoms with Gasteiger partial charge in [0.25, 0.3) is 0 Å². The normalized spacial score (nSPS) is 20.9. The molecule has 9 heteroatoms. The van der Waals surface area contributed by atoms with E-state index in [1.807, 2.05) is 45.8 Å². The van der Waals surface area contributed by atoms with Gasteiger partial charge in [0.1, 0.15) is 17.0 Å². The maximum Gasteiger partial charge on any atom is 0.149 e. The topological polar surface area (TPSA) is 90.3 Å². The number of hydrogen-bond acceptors (Lipinski definition) is 7. The van der Waals surface area contributed by atoms with Crippen molar-refractivity contribution >= 4 is 11.2 Å². The molecule has 0 radical (unpaired) electrons. The van der Waals surface area contributed by atoms with Crippen LogP contribution in [-0.2, 0) is 5.54 Å². The number of nitriles is 1. The number of rotatable bonds is 5. The van der Waals surface area contributed by atoms with E-state index >= 15 is 0 Å². The average molecular weight is 403 g/mol. The molecular formula is C21H25N9. The maximum atomic E-state index is 9.38. The zero-order valence-electron chi connectivity index (χ0n) is 17.4. The van der Waals surface area contributed by atoms with Crippen molar-refractivity contribution in [2.75, 3.05) is 26.7 Å². The van der Waals surface area contributed by atoms with Crippen LogP contribution in [0.4, 0.5) is 0 Å². The summed E-state index contributed by atoms with van der Waals surface area (Å²) in [7, 11) is 1.98. The molecule has 2 aliphatic rings. The van der Waals surface area contributed by atoms with E-state index in [-0.39, 0.29) is 11.6 Å². The molecule has 3 aromatic rings. The summed E-state index contributed by atoms with van der Waals surface area (Å²) in [5.41, 5.74) is 6.87. The van der Waals surface area contributed by atoms with E-state index in [1.165, 1.54) is 0 Å². The molecule has 1 atom stereocenters. The number of aromatic nitrogens is 5. The third-order valence-electron chi connectivity index (χ3n) is 6.10. The number of hydrogen-bond donors (Lipinski definition) is 1. The first-order valence-electron chi connectivity index (χ1n) is 10.2. The predicted molar refractivity (Wildman–Crippen MR) is 113 cm³/mol. The highest BCUT2D eigenvalue weighted by molar-refractivity contribution is 5.72. The first-order valence-corrected chi connectivity index (χ1v) is 10.2. The Morgan fingerprint density at radius 3 is 2.90 bits per heavy atom. The minimum atomic E-state index is -0.260. The van der Waals surface area contributed by atoms with Crippen molar-refractivity contribution in [3.05, 3.63) is 42.7 Å². The summed E-state index contributed by atoms with van der Waals surface area (Å²) in [5.74, 6) is 0.799. The lowest BCUT2D eigenvalue weighted by atomic mass is 9.87. The van der Waals surface area contributed by atoms with E-state index in [0.29, 0.717) is 6.42 Å². The number of hydrazine groups is 1. The number of imidazole rings is 1. The smallest absolute Gasteiger partial charge is 0.149 e. The van der Waals surface area contributed by atoms with Crippen molar-refractivity contribution in [1.29, 1.82) is 5.26 Å². The number of nitrogens with one attached hydrogen (secondary N) is 1. The summed E-state index contributed by atoms with van der Waals surface area (Å²) in [6.07, 6.45) is 10.1. The van der Waals surface area contributed by atoms with Gasteiger partial charge in [-0.15, -0.1) is 0 Å². The number of likely N-dealkylation sites (N-methyl/N-ethyl adjacent to an activating group) is 1.